The average Bonchev–Trinajstić information content (AvgIpc) is 2.85. The Morgan fingerprint density at radius 3 is 2.56 bits per heavy atom. The molecule has 4 rings (SSSR count). The SMILES string of the molecule is Cc1ccc(C)c(NC(=O)C(=O)N/N=C/c2cccc(OCc3cccc4ccccc34)c2)c1. The number of nitrogens with one attached hydrogen (secondary N) is 2. The van der Waals surface area contributed by atoms with Gasteiger partial charge in [0.05, 0.1) is 6.21 Å². The number of nitrogens with zero attached hydrogens (tertiary/aromatic N) is 1. The fourth-order valence-electron chi connectivity index (χ4n) is 3.53. The standard InChI is InChI=1S/C28H25N3O3/c1-19-13-14-20(2)26(15-19)30-27(32)28(33)31-29-17-21-7-5-11-24(16-21)34-18-23-10-6-9-22-8-3-4-12-25(22)23/h3-17H,18H2,1-2H3,(H,30,32)(H,31,33)/b29-17+. The fourth-order valence-corrected chi connectivity index (χ4v) is 3.53. The van der Waals surface area contributed by atoms with Gasteiger partial charge in [0.1, 0.15) is 12.4 Å². The van der Waals surface area contributed by atoms with Gasteiger partial charge in [0.25, 0.3) is 0 Å². The molecule has 2 amide bonds. The van der Waals surface area contributed by atoms with Gasteiger partial charge in [0.2, 0.25) is 0 Å². The molecule has 34 heavy (non-hydrogen) atoms. The minimum absolute atomic E-state index is 0.428. The molecule has 4 aromatic rings. The van der Waals surface area contributed by atoms with E-state index in [4.69, 9.17) is 4.74 Å². The molecule has 0 aliphatic carbocycles. The smallest absolute Gasteiger partial charge is 0.329 e. The van der Waals surface area contributed by atoms with Gasteiger partial charge in [-0.1, -0.05) is 66.7 Å². The third-order valence-electron chi connectivity index (χ3n) is 5.36. The molecule has 0 saturated heterocycles. The highest BCUT2D eigenvalue weighted by Crippen LogP contribution is 2.21. The molecule has 0 atom stereocenters. The van der Waals surface area contributed by atoms with E-state index >= 15 is 0 Å². The summed E-state index contributed by atoms with van der Waals surface area (Å²) in [6.45, 7) is 4.21. The highest BCUT2D eigenvalue weighted by Gasteiger charge is 2.14. The van der Waals surface area contributed by atoms with Gasteiger partial charge < -0.3 is 10.1 Å². The maximum absolute atomic E-state index is 12.2. The van der Waals surface area contributed by atoms with E-state index in [1.807, 2.05) is 80.6 Å². The molecule has 0 saturated carbocycles. The highest BCUT2D eigenvalue weighted by atomic mass is 16.5. The molecule has 0 aliphatic rings. The number of carbonyl (C=O) groups is 2. The second-order valence-electron chi connectivity index (χ2n) is 7.97. The van der Waals surface area contributed by atoms with Gasteiger partial charge in [0.15, 0.2) is 0 Å². The summed E-state index contributed by atoms with van der Waals surface area (Å²) >= 11 is 0. The van der Waals surface area contributed by atoms with E-state index in [9.17, 15) is 9.59 Å². The van der Waals surface area contributed by atoms with Crippen LogP contribution in [-0.4, -0.2) is 18.0 Å². The number of hydrogen-bond acceptors (Lipinski definition) is 4. The Balaban J connectivity index is 1.34. The van der Waals surface area contributed by atoms with Crippen LogP contribution >= 0.6 is 0 Å². The quantitative estimate of drug-likeness (QED) is 0.242. The van der Waals surface area contributed by atoms with Crippen molar-refractivity contribution in [2.45, 2.75) is 20.5 Å². The summed E-state index contributed by atoms with van der Waals surface area (Å²) in [4.78, 5) is 24.3. The van der Waals surface area contributed by atoms with Crippen molar-refractivity contribution in [2.24, 2.45) is 5.10 Å². The zero-order chi connectivity index (χ0) is 23.9. The van der Waals surface area contributed by atoms with Crippen LogP contribution in [0.3, 0.4) is 0 Å². The van der Waals surface area contributed by atoms with E-state index in [1.165, 1.54) is 11.6 Å². The molecule has 0 radical (unpaired) electrons. The van der Waals surface area contributed by atoms with Crippen LogP contribution in [0.15, 0.2) is 90.0 Å². The van der Waals surface area contributed by atoms with Gasteiger partial charge in [-0.05, 0) is 65.1 Å². The molecule has 2 N–H and O–H groups in total. The number of hydrazone groups is 1. The Morgan fingerprint density at radius 1 is 0.882 bits per heavy atom. The molecule has 0 aliphatic heterocycles. The number of fused-ring (bicyclic) bond motifs is 1. The monoisotopic (exact) mass is 451 g/mol. The van der Waals surface area contributed by atoms with Crippen LogP contribution in [0, 0.1) is 13.8 Å². The first-order chi connectivity index (χ1) is 16.5. The molecule has 0 spiro atoms. The fraction of sp³-hybridized carbons (Fsp3) is 0.107. The van der Waals surface area contributed by atoms with E-state index in [0.29, 0.717) is 18.0 Å². The number of carbonyl (C=O) groups excluding carboxylic acids is 2. The van der Waals surface area contributed by atoms with Crippen LogP contribution < -0.4 is 15.5 Å². The predicted molar refractivity (Wildman–Crippen MR) is 135 cm³/mol. The normalized spacial score (nSPS) is 10.9. The lowest BCUT2D eigenvalue weighted by Crippen LogP contribution is -2.32. The summed E-state index contributed by atoms with van der Waals surface area (Å²) in [7, 11) is 0. The number of anilines is 1. The summed E-state index contributed by atoms with van der Waals surface area (Å²) < 4.78 is 5.98. The molecule has 0 fully saturated rings. The van der Waals surface area contributed by atoms with Gasteiger partial charge in [-0.15, -0.1) is 0 Å². The van der Waals surface area contributed by atoms with E-state index in [2.05, 4.69) is 34.0 Å². The van der Waals surface area contributed by atoms with Crippen molar-refractivity contribution >= 4 is 34.5 Å². The molecular weight excluding hydrogens is 426 g/mol. The predicted octanol–water partition coefficient (Wildman–Crippen LogP) is 5.12. The Hall–Kier alpha value is -4.45. The first-order valence-electron chi connectivity index (χ1n) is 10.9. The molecule has 170 valence electrons. The third-order valence-corrected chi connectivity index (χ3v) is 5.36. The highest BCUT2D eigenvalue weighted by molar-refractivity contribution is 6.39. The molecule has 6 nitrogen and oxygen atoms in total. The number of ether oxygens (including phenoxy) is 1. The summed E-state index contributed by atoms with van der Waals surface area (Å²) in [6, 6.07) is 27.3. The van der Waals surface area contributed by atoms with Gasteiger partial charge in [-0.25, -0.2) is 5.43 Å². The molecule has 6 heteroatoms. The lowest BCUT2D eigenvalue weighted by Gasteiger charge is -2.09. The third kappa shape index (κ3) is 5.66. The zero-order valence-corrected chi connectivity index (χ0v) is 19.0. The molecule has 4 aromatic carbocycles. The topological polar surface area (TPSA) is 79.8 Å². The van der Waals surface area contributed by atoms with Gasteiger partial charge in [-0.3, -0.25) is 9.59 Å². The molecule has 0 bridgehead atoms. The first kappa shape index (κ1) is 22.7. The minimum Gasteiger partial charge on any atom is -0.489 e. The lowest BCUT2D eigenvalue weighted by molar-refractivity contribution is -0.136. The van der Waals surface area contributed by atoms with E-state index < -0.39 is 11.8 Å². The lowest BCUT2D eigenvalue weighted by atomic mass is 10.1. The second-order valence-corrected chi connectivity index (χ2v) is 7.97. The molecule has 0 unspecified atom stereocenters. The van der Waals surface area contributed by atoms with Crippen LogP contribution in [0.2, 0.25) is 0 Å². The summed E-state index contributed by atoms with van der Waals surface area (Å²) in [5.41, 5.74) is 6.54. The van der Waals surface area contributed by atoms with Crippen molar-refractivity contribution in [1.29, 1.82) is 0 Å². The number of rotatable bonds is 6. The number of aryl methyl sites for hydroxylation is 2. The van der Waals surface area contributed by atoms with Crippen molar-refractivity contribution < 1.29 is 14.3 Å². The van der Waals surface area contributed by atoms with E-state index in [1.54, 1.807) is 0 Å². The largest absolute Gasteiger partial charge is 0.489 e. The first-order valence-corrected chi connectivity index (χ1v) is 10.9. The number of hydrogen-bond donors (Lipinski definition) is 2. The van der Waals surface area contributed by atoms with Crippen LogP contribution in [-0.2, 0) is 16.2 Å². The summed E-state index contributed by atoms with van der Waals surface area (Å²) in [5.74, 6) is -0.950. The van der Waals surface area contributed by atoms with Crippen molar-refractivity contribution in [3.8, 4) is 5.75 Å². The van der Waals surface area contributed by atoms with Gasteiger partial charge >= 0.3 is 11.8 Å². The van der Waals surface area contributed by atoms with Crippen molar-refractivity contribution in [2.75, 3.05) is 5.32 Å². The van der Waals surface area contributed by atoms with E-state index in [-0.39, 0.29) is 0 Å². The maximum atomic E-state index is 12.2. The molecular formula is C28H25N3O3. The van der Waals surface area contributed by atoms with Crippen LogP contribution in [0.25, 0.3) is 10.8 Å². The summed E-state index contributed by atoms with van der Waals surface area (Å²) in [5, 5.41) is 8.84. The van der Waals surface area contributed by atoms with Crippen molar-refractivity contribution in [1.82, 2.24) is 5.43 Å². The van der Waals surface area contributed by atoms with Crippen LogP contribution in [0.1, 0.15) is 22.3 Å². The zero-order valence-electron chi connectivity index (χ0n) is 19.0. The maximum Gasteiger partial charge on any atom is 0.329 e. The van der Waals surface area contributed by atoms with Crippen LogP contribution in [0.5, 0.6) is 5.75 Å². The van der Waals surface area contributed by atoms with Crippen molar-refractivity contribution in [3.05, 3.63) is 107 Å². The van der Waals surface area contributed by atoms with Gasteiger partial charge in [-0.2, -0.15) is 5.10 Å². The Labute approximate surface area is 198 Å². The molecule has 0 aromatic heterocycles. The average molecular weight is 452 g/mol. The number of amides is 2. The van der Waals surface area contributed by atoms with E-state index in [0.717, 1.165) is 27.6 Å². The Kier molecular flexibility index (Phi) is 6.98. The molecule has 0 heterocycles. The number of benzene rings is 4. The van der Waals surface area contributed by atoms with Gasteiger partial charge in [0, 0.05) is 5.69 Å². The van der Waals surface area contributed by atoms with Crippen LogP contribution in [0.4, 0.5) is 5.69 Å². The Bertz CT molecular complexity index is 1370. The minimum atomic E-state index is -0.847. The Morgan fingerprint density at radius 2 is 1.68 bits per heavy atom. The van der Waals surface area contributed by atoms with Crippen molar-refractivity contribution in [3.63, 3.8) is 0 Å². The summed E-state index contributed by atoms with van der Waals surface area (Å²) in [6.07, 6.45) is 1.47. The second kappa shape index (κ2) is 10.4.